The Hall–Kier alpha value is -2.69. The second-order valence-corrected chi connectivity index (χ2v) is 5.09. The summed E-state index contributed by atoms with van der Waals surface area (Å²) < 4.78 is 10.4. The van der Waals surface area contributed by atoms with Crippen LogP contribution in [-0.4, -0.2) is 31.8 Å². The Labute approximate surface area is 135 Å². The minimum absolute atomic E-state index is 0.0763. The van der Waals surface area contributed by atoms with Gasteiger partial charge in [0.15, 0.2) is 11.5 Å². The van der Waals surface area contributed by atoms with Crippen LogP contribution in [0.3, 0.4) is 0 Å². The molecule has 2 aromatic carbocycles. The molecule has 0 fully saturated rings. The van der Waals surface area contributed by atoms with Gasteiger partial charge in [0.1, 0.15) is 5.75 Å². The Morgan fingerprint density at radius 2 is 1.83 bits per heavy atom. The zero-order valence-electron chi connectivity index (χ0n) is 13.3. The van der Waals surface area contributed by atoms with E-state index in [0.717, 1.165) is 11.1 Å². The van der Waals surface area contributed by atoms with Crippen molar-refractivity contribution in [3.05, 3.63) is 53.6 Å². The van der Waals surface area contributed by atoms with Gasteiger partial charge < -0.3 is 19.9 Å². The lowest BCUT2D eigenvalue weighted by atomic mass is 10.1. The fraction of sp³-hybridized carbons (Fsp3) is 0.278. The quantitative estimate of drug-likeness (QED) is 0.823. The molecule has 0 spiro atoms. The Morgan fingerprint density at radius 3 is 2.52 bits per heavy atom. The van der Waals surface area contributed by atoms with Crippen LogP contribution in [-0.2, 0) is 17.6 Å². The number of methoxy groups -OCH3 is 2. The molecule has 2 aromatic rings. The molecular formula is C18H21NO4. The van der Waals surface area contributed by atoms with Crippen molar-refractivity contribution < 1.29 is 19.4 Å². The van der Waals surface area contributed by atoms with Crippen LogP contribution < -0.4 is 14.8 Å². The van der Waals surface area contributed by atoms with E-state index in [1.165, 1.54) is 0 Å². The number of aromatic hydroxyl groups is 1. The number of carbonyl (C=O) groups excluding carboxylic acids is 1. The molecule has 0 aliphatic heterocycles. The van der Waals surface area contributed by atoms with Gasteiger partial charge >= 0.3 is 0 Å². The number of nitrogens with one attached hydrogen (secondary N) is 1. The Balaban J connectivity index is 1.86. The molecule has 0 aliphatic rings. The summed E-state index contributed by atoms with van der Waals surface area (Å²) in [6.45, 7) is 0.476. The largest absolute Gasteiger partial charge is 0.508 e. The first kappa shape index (κ1) is 16.7. The molecule has 0 aliphatic carbocycles. The Kier molecular flexibility index (Phi) is 5.86. The lowest BCUT2D eigenvalue weighted by Gasteiger charge is -2.10. The summed E-state index contributed by atoms with van der Waals surface area (Å²) >= 11 is 0. The summed E-state index contributed by atoms with van der Waals surface area (Å²) in [5.41, 5.74) is 1.67. The van der Waals surface area contributed by atoms with Crippen LogP contribution >= 0.6 is 0 Å². The maximum absolute atomic E-state index is 12.0. The van der Waals surface area contributed by atoms with E-state index in [1.54, 1.807) is 38.5 Å². The highest BCUT2D eigenvalue weighted by molar-refractivity contribution is 5.78. The van der Waals surface area contributed by atoms with Crippen molar-refractivity contribution in [1.82, 2.24) is 5.32 Å². The first-order chi connectivity index (χ1) is 11.1. The highest BCUT2D eigenvalue weighted by Crippen LogP contribution is 2.27. The van der Waals surface area contributed by atoms with E-state index in [-0.39, 0.29) is 18.1 Å². The second-order valence-electron chi connectivity index (χ2n) is 5.09. The predicted molar refractivity (Wildman–Crippen MR) is 88.1 cm³/mol. The fourth-order valence-electron chi connectivity index (χ4n) is 2.30. The molecular weight excluding hydrogens is 294 g/mol. The third kappa shape index (κ3) is 4.64. The second kappa shape index (κ2) is 8.08. The van der Waals surface area contributed by atoms with Gasteiger partial charge in [0.05, 0.1) is 20.6 Å². The summed E-state index contributed by atoms with van der Waals surface area (Å²) in [5, 5.41) is 12.5. The lowest BCUT2D eigenvalue weighted by Crippen LogP contribution is -2.27. The smallest absolute Gasteiger partial charge is 0.224 e. The predicted octanol–water partition coefficient (Wildman–Crippen LogP) is 2.31. The maximum Gasteiger partial charge on any atom is 0.224 e. The maximum atomic E-state index is 12.0. The van der Waals surface area contributed by atoms with Crippen molar-refractivity contribution in [1.29, 1.82) is 0 Å². The van der Waals surface area contributed by atoms with Gasteiger partial charge in [0.25, 0.3) is 0 Å². The van der Waals surface area contributed by atoms with Crippen molar-refractivity contribution in [2.75, 3.05) is 20.8 Å². The summed E-state index contributed by atoms with van der Waals surface area (Å²) in [6.07, 6.45) is 0.853. The average Bonchev–Trinajstić information content (AvgIpc) is 2.56. The Morgan fingerprint density at radius 1 is 1.09 bits per heavy atom. The van der Waals surface area contributed by atoms with Gasteiger partial charge in [0, 0.05) is 6.54 Å². The fourth-order valence-corrected chi connectivity index (χ4v) is 2.30. The first-order valence-electron chi connectivity index (χ1n) is 7.38. The third-order valence-electron chi connectivity index (χ3n) is 3.52. The van der Waals surface area contributed by atoms with Gasteiger partial charge in [-0.05, 0) is 35.7 Å². The first-order valence-corrected chi connectivity index (χ1v) is 7.38. The molecule has 122 valence electrons. The highest BCUT2D eigenvalue weighted by atomic mass is 16.5. The number of hydrogen-bond donors (Lipinski definition) is 2. The summed E-state index contributed by atoms with van der Waals surface area (Å²) in [5.74, 6) is 1.41. The van der Waals surface area contributed by atoms with Crippen LogP contribution in [0.25, 0.3) is 0 Å². The third-order valence-corrected chi connectivity index (χ3v) is 3.52. The molecule has 0 unspecified atom stereocenters. The van der Waals surface area contributed by atoms with E-state index in [9.17, 15) is 9.90 Å². The molecule has 0 saturated carbocycles. The summed E-state index contributed by atoms with van der Waals surface area (Å²) in [7, 11) is 3.14. The van der Waals surface area contributed by atoms with Gasteiger partial charge in [0.2, 0.25) is 5.91 Å². The Bertz CT molecular complexity index is 670. The number of phenols is 1. The average molecular weight is 315 g/mol. The van der Waals surface area contributed by atoms with E-state index < -0.39 is 0 Å². The van der Waals surface area contributed by atoms with Gasteiger partial charge in [-0.1, -0.05) is 24.3 Å². The SMILES string of the molecule is COc1ccc(CC(=O)NCCc2ccccc2O)cc1OC. The number of phenolic OH excluding ortho intramolecular Hbond substituents is 1. The molecule has 0 atom stereocenters. The number of rotatable bonds is 7. The molecule has 5 nitrogen and oxygen atoms in total. The lowest BCUT2D eigenvalue weighted by molar-refractivity contribution is -0.120. The van der Waals surface area contributed by atoms with E-state index in [2.05, 4.69) is 5.32 Å². The van der Waals surface area contributed by atoms with Crippen LogP contribution in [0.1, 0.15) is 11.1 Å². The minimum atomic E-state index is -0.0763. The molecule has 0 aromatic heterocycles. The van der Waals surface area contributed by atoms with E-state index in [1.807, 2.05) is 18.2 Å². The molecule has 0 bridgehead atoms. The van der Waals surface area contributed by atoms with Gasteiger partial charge in [-0.25, -0.2) is 0 Å². The van der Waals surface area contributed by atoms with Crippen LogP contribution in [0.2, 0.25) is 0 Å². The summed E-state index contributed by atoms with van der Waals surface area (Å²) in [4.78, 5) is 12.0. The number of ether oxygens (including phenoxy) is 2. The molecule has 5 heteroatoms. The van der Waals surface area contributed by atoms with Crippen LogP contribution in [0, 0.1) is 0 Å². The number of para-hydroxylation sites is 1. The molecule has 1 amide bonds. The molecule has 2 rings (SSSR count). The molecule has 0 heterocycles. The summed E-state index contributed by atoms with van der Waals surface area (Å²) in [6, 6.07) is 12.5. The minimum Gasteiger partial charge on any atom is -0.508 e. The zero-order valence-corrected chi connectivity index (χ0v) is 13.3. The highest BCUT2D eigenvalue weighted by Gasteiger charge is 2.08. The molecule has 0 saturated heterocycles. The van der Waals surface area contributed by atoms with E-state index >= 15 is 0 Å². The van der Waals surface area contributed by atoms with E-state index in [0.29, 0.717) is 24.5 Å². The number of benzene rings is 2. The van der Waals surface area contributed by atoms with Gasteiger partial charge in [-0.3, -0.25) is 4.79 Å². The van der Waals surface area contributed by atoms with Crippen molar-refractivity contribution in [2.45, 2.75) is 12.8 Å². The van der Waals surface area contributed by atoms with Crippen LogP contribution in [0.15, 0.2) is 42.5 Å². The van der Waals surface area contributed by atoms with Crippen LogP contribution in [0.5, 0.6) is 17.2 Å². The van der Waals surface area contributed by atoms with Crippen molar-refractivity contribution >= 4 is 5.91 Å². The van der Waals surface area contributed by atoms with Crippen LogP contribution in [0.4, 0.5) is 0 Å². The van der Waals surface area contributed by atoms with E-state index in [4.69, 9.17) is 9.47 Å². The monoisotopic (exact) mass is 315 g/mol. The van der Waals surface area contributed by atoms with Crippen molar-refractivity contribution in [2.24, 2.45) is 0 Å². The molecule has 2 N–H and O–H groups in total. The van der Waals surface area contributed by atoms with Crippen molar-refractivity contribution in [3.8, 4) is 17.2 Å². The normalized spacial score (nSPS) is 10.2. The number of amides is 1. The number of carbonyl (C=O) groups is 1. The van der Waals surface area contributed by atoms with Crippen molar-refractivity contribution in [3.63, 3.8) is 0 Å². The standard InChI is InChI=1S/C18H21NO4/c1-22-16-8-7-13(11-17(16)23-2)12-18(21)19-10-9-14-5-3-4-6-15(14)20/h3-8,11,20H,9-10,12H2,1-2H3,(H,19,21). The van der Waals surface area contributed by atoms with Gasteiger partial charge in [-0.2, -0.15) is 0 Å². The molecule has 0 radical (unpaired) electrons. The topological polar surface area (TPSA) is 67.8 Å². The number of hydrogen-bond acceptors (Lipinski definition) is 4. The zero-order chi connectivity index (χ0) is 16.7. The van der Waals surface area contributed by atoms with Gasteiger partial charge in [-0.15, -0.1) is 0 Å². The molecule has 23 heavy (non-hydrogen) atoms.